The number of methoxy groups -OCH3 is 1. The smallest absolute Gasteiger partial charge is 0.308 e. The standard InChI is InChI=1S/C8H13IN2O2/c1-13-7(12)6-2-4-11(5-3-6)8(9)10/h6,10H,2-5H2,1H3. The number of halogens is 1. The van der Waals surface area contributed by atoms with E-state index >= 15 is 0 Å². The molecule has 1 aliphatic rings. The number of piperidine rings is 1. The summed E-state index contributed by atoms with van der Waals surface area (Å²) in [6.07, 6.45) is 1.61. The average molecular weight is 296 g/mol. The summed E-state index contributed by atoms with van der Waals surface area (Å²) in [4.78, 5) is 13.1. The van der Waals surface area contributed by atoms with Crippen LogP contribution in [0.2, 0.25) is 0 Å². The van der Waals surface area contributed by atoms with Crippen LogP contribution in [0.15, 0.2) is 0 Å². The molecule has 4 nitrogen and oxygen atoms in total. The lowest BCUT2D eigenvalue weighted by Gasteiger charge is -2.30. The van der Waals surface area contributed by atoms with E-state index in [1.165, 1.54) is 7.11 Å². The lowest BCUT2D eigenvalue weighted by Crippen LogP contribution is -2.38. The molecule has 0 aromatic rings. The number of nitrogens with one attached hydrogen (secondary N) is 1. The summed E-state index contributed by atoms with van der Waals surface area (Å²) in [5.41, 5.74) is 0. The Kier molecular flexibility index (Phi) is 3.95. The fourth-order valence-corrected chi connectivity index (χ4v) is 1.96. The zero-order chi connectivity index (χ0) is 9.84. The minimum atomic E-state index is -0.111. The van der Waals surface area contributed by atoms with Gasteiger partial charge in [0.25, 0.3) is 0 Å². The second-order valence-electron chi connectivity index (χ2n) is 3.08. The number of hydrogen-bond donors (Lipinski definition) is 1. The summed E-state index contributed by atoms with van der Waals surface area (Å²) in [6, 6.07) is 0. The predicted molar refractivity (Wildman–Crippen MR) is 58.1 cm³/mol. The maximum absolute atomic E-state index is 11.1. The second kappa shape index (κ2) is 4.78. The third-order valence-electron chi connectivity index (χ3n) is 2.31. The third kappa shape index (κ3) is 2.82. The van der Waals surface area contributed by atoms with E-state index in [1.807, 2.05) is 27.5 Å². The molecule has 0 radical (unpaired) electrons. The second-order valence-corrected chi connectivity index (χ2v) is 4.10. The summed E-state index contributed by atoms with van der Waals surface area (Å²) < 4.78 is 5.23. The molecule has 0 unspecified atom stereocenters. The molecule has 1 heterocycles. The van der Waals surface area contributed by atoms with Crippen molar-refractivity contribution in [3.05, 3.63) is 0 Å². The van der Waals surface area contributed by atoms with Crippen molar-refractivity contribution in [3.8, 4) is 0 Å². The summed E-state index contributed by atoms with van der Waals surface area (Å²) in [5, 5.41) is 7.40. The van der Waals surface area contributed by atoms with Crippen molar-refractivity contribution in [3.63, 3.8) is 0 Å². The van der Waals surface area contributed by atoms with Gasteiger partial charge in [-0.05, 0) is 35.4 Å². The number of esters is 1. The van der Waals surface area contributed by atoms with Crippen molar-refractivity contribution in [2.75, 3.05) is 20.2 Å². The maximum Gasteiger partial charge on any atom is 0.308 e. The van der Waals surface area contributed by atoms with Gasteiger partial charge in [-0.1, -0.05) is 0 Å². The van der Waals surface area contributed by atoms with Crippen molar-refractivity contribution >= 4 is 32.4 Å². The molecule has 0 amide bonds. The molecule has 0 aromatic heterocycles. The van der Waals surface area contributed by atoms with Crippen LogP contribution < -0.4 is 0 Å². The van der Waals surface area contributed by atoms with Crippen LogP contribution in [0.1, 0.15) is 12.8 Å². The van der Waals surface area contributed by atoms with E-state index in [2.05, 4.69) is 4.74 Å². The average Bonchev–Trinajstić information content (AvgIpc) is 2.17. The number of nitrogens with zero attached hydrogens (tertiary/aromatic N) is 1. The first-order valence-electron chi connectivity index (χ1n) is 4.22. The first-order chi connectivity index (χ1) is 6.15. The van der Waals surface area contributed by atoms with E-state index in [4.69, 9.17) is 5.41 Å². The van der Waals surface area contributed by atoms with Gasteiger partial charge >= 0.3 is 5.97 Å². The Balaban J connectivity index is 2.39. The predicted octanol–water partition coefficient (Wildman–Crippen LogP) is 1.24. The highest BCUT2D eigenvalue weighted by atomic mass is 127. The number of carbonyl (C=O) groups is 1. The molecule has 1 rings (SSSR count). The molecule has 1 fully saturated rings. The number of amidine groups is 1. The summed E-state index contributed by atoms with van der Waals surface area (Å²) in [6.45, 7) is 1.59. The van der Waals surface area contributed by atoms with Gasteiger partial charge in [-0.2, -0.15) is 0 Å². The normalized spacial score (nSPS) is 18.5. The van der Waals surface area contributed by atoms with Crippen molar-refractivity contribution in [2.45, 2.75) is 12.8 Å². The first kappa shape index (κ1) is 10.7. The van der Waals surface area contributed by atoms with Gasteiger partial charge in [0.05, 0.1) is 13.0 Å². The van der Waals surface area contributed by atoms with Crippen molar-refractivity contribution < 1.29 is 9.53 Å². The molecule has 13 heavy (non-hydrogen) atoms. The van der Waals surface area contributed by atoms with E-state index in [0.717, 1.165) is 25.9 Å². The van der Waals surface area contributed by atoms with Crippen LogP contribution in [-0.4, -0.2) is 34.9 Å². The van der Waals surface area contributed by atoms with Crippen molar-refractivity contribution in [2.24, 2.45) is 5.92 Å². The first-order valence-corrected chi connectivity index (χ1v) is 5.30. The Labute approximate surface area is 91.3 Å². The fraction of sp³-hybridized carbons (Fsp3) is 0.750. The number of rotatable bonds is 1. The third-order valence-corrected chi connectivity index (χ3v) is 2.99. The molecule has 0 aliphatic carbocycles. The molecular formula is C8H13IN2O2. The van der Waals surface area contributed by atoms with Gasteiger partial charge in [0.1, 0.15) is 0 Å². The number of carbonyl (C=O) groups excluding carboxylic acids is 1. The van der Waals surface area contributed by atoms with Crippen LogP contribution in [0.25, 0.3) is 0 Å². The van der Waals surface area contributed by atoms with Gasteiger partial charge in [-0.3, -0.25) is 10.2 Å². The molecule has 1 saturated heterocycles. The van der Waals surface area contributed by atoms with Crippen molar-refractivity contribution in [1.82, 2.24) is 4.90 Å². The zero-order valence-corrected chi connectivity index (χ0v) is 9.70. The lowest BCUT2D eigenvalue weighted by atomic mass is 9.97. The number of hydrogen-bond acceptors (Lipinski definition) is 3. The van der Waals surface area contributed by atoms with Gasteiger partial charge in [-0.15, -0.1) is 0 Å². The Morgan fingerprint density at radius 3 is 2.46 bits per heavy atom. The SMILES string of the molecule is COC(=O)C1CCN(C(=N)I)CC1. The highest BCUT2D eigenvalue weighted by molar-refractivity contribution is 14.1. The van der Waals surface area contributed by atoms with E-state index in [1.54, 1.807) is 0 Å². The molecular weight excluding hydrogens is 283 g/mol. The van der Waals surface area contributed by atoms with Gasteiger partial charge in [0.15, 0.2) is 3.84 Å². The fourth-order valence-electron chi connectivity index (χ4n) is 1.48. The summed E-state index contributed by atoms with van der Waals surface area (Å²) in [5.74, 6) is -0.0726. The van der Waals surface area contributed by atoms with Gasteiger partial charge < -0.3 is 9.64 Å². The van der Waals surface area contributed by atoms with Crippen LogP contribution in [-0.2, 0) is 9.53 Å². The van der Waals surface area contributed by atoms with E-state index < -0.39 is 0 Å². The van der Waals surface area contributed by atoms with Gasteiger partial charge in [0, 0.05) is 13.1 Å². The van der Waals surface area contributed by atoms with E-state index in [0.29, 0.717) is 3.84 Å². The van der Waals surface area contributed by atoms with Crippen molar-refractivity contribution in [1.29, 1.82) is 5.41 Å². The topological polar surface area (TPSA) is 53.4 Å². The molecule has 1 aliphatic heterocycles. The Hall–Kier alpha value is -0.330. The van der Waals surface area contributed by atoms with E-state index in [-0.39, 0.29) is 11.9 Å². The molecule has 0 saturated carbocycles. The molecule has 0 aromatic carbocycles. The highest BCUT2D eigenvalue weighted by Crippen LogP contribution is 2.19. The molecule has 0 atom stereocenters. The van der Waals surface area contributed by atoms with Crippen LogP contribution in [0.5, 0.6) is 0 Å². The highest BCUT2D eigenvalue weighted by Gasteiger charge is 2.25. The van der Waals surface area contributed by atoms with Gasteiger partial charge in [0.2, 0.25) is 0 Å². The van der Waals surface area contributed by atoms with Crippen LogP contribution in [0, 0.1) is 11.3 Å². The molecule has 74 valence electrons. The summed E-state index contributed by atoms with van der Waals surface area (Å²) in [7, 11) is 1.43. The van der Waals surface area contributed by atoms with Crippen LogP contribution >= 0.6 is 22.6 Å². The Morgan fingerprint density at radius 2 is 2.08 bits per heavy atom. The lowest BCUT2D eigenvalue weighted by molar-refractivity contribution is -0.146. The van der Waals surface area contributed by atoms with E-state index in [9.17, 15) is 4.79 Å². The number of likely N-dealkylation sites (tertiary alicyclic amines) is 1. The monoisotopic (exact) mass is 296 g/mol. The largest absolute Gasteiger partial charge is 0.469 e. The zero-order valence-electron chi connectivity index (χ0n) is 7.55. The van der Waals surface area contributed by atoms with Crippen LogP contribution in [0.3, 0.4) is 0 Å². The molecule has 0 bridgehead atoms. The maximum atomic E-state index is 11.1. The number of ether oxygens (including phenoxy) is 1. The van der Waals surface area contributed by atoms with Crippen LogP contribution in [0.4, 0.5) is 0 Å². The van der Waals surface area contributed by atoms with Gasteiger partial charge in [-0.25, -0.2) is 0 Å². The molecule has 1 N–H and O–H groups in total. The Bertz CT molecular complexity index is 212. The Morgan fingerprint density at radius 1 is 1.54 bits per heavy atom. The minimum absolute atomic E-state index is 0.0389. The molecule has 5 heteroatoms. The minimum Gasteiger partial charge on any atom is -0.469 e. The molecule has 0 spiro atoms. The summed E-state index contributed by atoms with van der Waals surface area (Å²) >= 11 is 1.99. The quantitative estimate of drug-likeness (QED) is 0.260.